The second-order valence-electron chi connectivity index (χ2n) is 8.28. The highest BCUT2D eigenvalue weighted by molar-refractivity contribution is 6.33. The second-order valence-corrected chi connectivity index (χ2v) is 8.64. The van der Waals surface area contributed by atoms with Crippen molar-refractivity contribution in [1.82, 2.24) is 19.2 Å². The molecule has 3 aromatic rings. The van der Waals surface area contributed by atoms with Gasteiger partial charge in [-0.05, 0) is 30.0 Å². The Kier molecular flexibility index (Phi) is 5.63. The molecule has 0 N–H and O–H groups in total. The number of fused-ring (bicyclic) bond motifs is 1. The number of likely N-dealkylation sites (tertiary alicyclic amines) is 1. The average molecular weight is 493 g/mol. The first kappa shape index (κ1) is 22.5. The Morgan fingerprint density at radius 1 is 1.09 bits per heavy atom. The van der Waals surface area contributed by atoms with Gasteiger partial charge in [-0.1, -0.05) is 41.9 Å². The number of ether oxygens (including phenoxy) is 1. The van der Waals surface area contributed by atoms with Crippen LogP contribution in [0.2, 0.25) is 5.15 Å². The lowest BCUT2D eigenvalue weighted by molar-refractivity contribution is -0.136. The molecule has 0 spiro atoms. The molecule has 0 radical (unpaired) electrons. The Balaban J connectivity index is 1.47. The van der Waals surface area contributed by atoms with E-state index in [1.807, 2.05) is 0 Å². The van der Waals surface area contributed by atoms with Crippen LogP contribution in [0.4, 0.5) is 18.0 Å². The average Bonchev–Trinajstić information content (AvgIpc) is 3.41. The first-order valence-corrected chi connectivity index (χ1v) is 11.2. The molecule has 34 heavy (non-hydrogen) atoms. The van der Waals surface area contributed by atoms with Crippen molar-refractivity contribution in [3.8, 4) is 11.1 Å². The zero-order valence-electron chi connectivity index (χ0n) is 17.9. The predicted octanol–water partition coefficient (Wildman–Crippen LogP) is 4.73. The summed E-state index contributed by atoms with van der Waals surface area (Å²) in [6, 6.07) is 9.58. The van der Waals surface area contributed by atoms with E-state index in [0.717, 1.165) is 10.5 Å². The minimum atomic E-state index is -4.69. The number of pyridine rings is 1. The molecule has 2 amide bonds. The summed E-state index contributed by atoms with van der Waals surface area (Å²) in [6.45, 7) is 1.53. The number of aromatic nitrogens is 2. The molecule has 2 aromatic heterocycles. The Labute approximate surface area is 197 Å². The van der Waals surface area contributed by atoms with Gasteiger partial charge in [-0.3, -0.25) is 9.20 Å². The zero-order valence-corrected chi connectivity index (χ0v) is 18.6. The van der Waals surface area contributed by atoms with Gasteiger partial charge in [0, 0.05) is 25.3 Å². The van der Waals surface area contributed by atoms with Crippen molar-refractivity contribution in [1.29, 1.82) is 0 Å². The van der Waals surface area contributed by atoms with E-state index in [0.29, 0.717) is 50.2 Å². The summed E-state index contributed by atoms with van der Waals surface area (Å²) >= 11 is 6.42. The van der Waals surface area contributed by atoms with Gasteiger partial charge in [0.05, 0.1) is 12.1 Å². The summed E-state index contributed by atoms with van der Waals surface area (Å²) < 4.78 is 47.8. The van der Waals surface area contributed by atoms with E-state index in [-0.39, 0.29) is 23.0 Å². The fraction of sp³-hybridized carbons (Fsp3) is 0.348. The topological polar surface area (TPSA) is 67.2 Å². The smallest absolute Gasteiger partial charge is 0.420 e. The van der Waals surface area contributed by atoms with E-state index in [2.05, 4.69) is 4.98 Å². The molecule has 7 nitrogen and oxygen atoms in total. The Morgan fingerprint density at radius 2 is 1.79 bits per heavy atom. The van der Waals surface area contributed by atoms with Crippen LogP contribution in [0.5, 0.6) is 0 Å². The highest BCUT2D eigenvalue weighted by atomic mass is 35.5. The van der Waals surface area contributed by atoms with E-state index in [4.69, 9.17) is 16.3 Å². The van der Waals surface area contributed by atoms with Crippen LogP contribution in [0.25, 0.3) is 16.8 Å². The zero-order chi connectivity index (χ0) is 24.0. The summed E-state index contributed by atoms with van der Waals surface area (Å²) in [4.78, 5) is 32.2. The van der Waals surface area contributed by atoms with Crippen molar-refractivity contribution in [2.24, 2.45) is 0 Å². The molecule has 0 aliphatic carbocycles. The van der Waals surface area contributed by atoms with Crippen LogP contribution in [0.15, 0.2) is 42.6 Å². The maximum atomic E-state index is 13.9. The largest absolute Gasteiger partial charge is 0.448 e. The number of piperidine rings is 1. The van der Waals surface area contributed by atoms with Crippen LogP contribution in [0, 0.1) is 0 Å². The van der Waals surface area contributed by atoms with Gasteiger partial charge in [0.2, 0.25) is 0 Å². The van der Waals surface area contributed by atoms with Gasteiger partial charge in [-0.2, -0.15) is 13.2 Å². The number of carbonyl (C=O) groups is 2. The molecule has 1 aromatic carbocycles. The van der Waals surface area contributed by atoms with Crippen molar-refractivity contribution in [2.75, 3.05) is 26.2 Å². The summed E-state index contributed by atoms with van der Waals surface area (Å²) in [5.74, 6) is -0.537. The summed E-state index contributed by atoms with van der Waals surface area (Å²) in [6.07, 6.45) is -2.52. The maximum absolute atomic E-state index is 13.9. The molecule has 2 saturated heterocycles. The monoisotopic (exact) mass is 492 g/mol. The molecule has 2 aliphatic heterocycles. The van der Waals surface area contributed by atoms with Gasteiger partial charge in [0.15, 0.2) is 11.3 Å². The fourth-order valence-corrected chi connectivity index (χ4v) is 4.77. The molecule has 2 aliphatic rings. The van der Waals surface area contributed by atoms with E-state index in [1.54, 1.807) is 35.2 Å². The molecule has 0 bridgehead atoms. The number of rotatable bonds is 3. The van der Waals surface area contributed by atoms with E-state index in [9.17, 15) is 22.8 Å². The number of halogens is 4. The summed E-state index contributed by atoms with van der Waals surface area (Å²) in [5.41, 5.74) is -0.736. The quantitative estimate of drug-likeness (QED) is 0.530. The summed E-state index contributed by atoms with van der Waals surface area (Å²) in [7, 11) is 0. The molecule has 2 fully saturated rings. The minimum Gasteiger partial charge on any atom is -0.448 e. The van der Waals surface area contributed by atoms with Crippen LogP contribution in [-0.4, -0.2) is 63.5 Å². The number of benzene rings is 1. The van der Waals surface area contributed by atoms with Gasteiger partial charge >= 0.3 is 12.3 Å². The number of cyclic esters (lactones) is 1. The fourth-order valence-electron chi connectivity index (χ4n) is 4.52. The van der Waals surface area contributed by atoms with Crippen molar-refractivity contribution >= 4 is 29.2 Å². The summed E-state index contributed by atoms with van der Waals surface area (Å²) in [5, 5.41) is -0.173. The number of hydrogen-bond acceptors (Lipinski definition) is 4. The van der Waals surface area contributed by atoms with Crippen LogP contribution in [0.1, 0.15) is 28.9 Å². The Hall–Kier alpha value is -3.27. The van der Waals surface area contributed by atoms with E-state index in [1.165, 1.54) is 11.1 Å². The van der Waals surface area contributed by atoms with Gasteiger partial charge in [-0.25, -0.2) is 9.78 Å². The highest BCUT2D eigenvalue weighted by Gasteiger charge is 2.38. The SMILES string of the molecule is O=C(c1nc2c(C(F)(F)F)cc(-c3ccccc3)cn2c1Cl)N1CCC(N2CCOC2=O)CC1. The molecule has 178 valence electrons. The molecule has 4 heterocycles. The van der Waals surface area contributed by atoms with Gasteiger partial charge in [0.25, 0.3) is 5.91 Å². The normalized spacial score (nSPS) is 17.5. The number of amides is 2. The lowest BCUT2D eigenvalue weighted by atomic mass is 10.0. The maximum Gasteiger partial charge on any atom is 0.420 e. The van der Waals surface area contributed by atoms with Crippen LogP contribution in [0.3, 0.4) is 0 Å². The van der Waals surface area contributed by atoms with Crippen molar-refractivity contribution in [2.45, 2.75) is 25.1 Å². The predicted molar refractivity (Wildman–Crippen MR) is 118 cm³/mol. The van der Waals surface area contributed by atoms with Crippen molar-refractivity contribution in [3.63, 3.8) is 0 Å². The molecular formula is C23H20ClF3N4O3. The number of carbonyl (C=O) groups excluding carboxylic acids is 2. The molecule has 11 heteroatoms. The third-order valence-electron chi connectivity index (χ3n) is 6.26. The standard InChI is InChI=1S/C23H20ClF3N4O3/c24-19-18(21(32)29-8-6-16(7-9-29)30-10-11-34-22(30)33)28-20-17(23(25,26)27)12-15(13-31(19)20)14-4-2-1-3-5-14/h1-5,12-13,16H,6-11H2. The third kappa shape index (κ3) is 3.96. The number of nitrogens with zero attached hydrogens (tertiary/aromatic N) is 4. The van der Waals surface area contributed by atoms with E-state index >= 15 is 0 Å². The van der Waals surface area contributed by atoms with Crippen molar-refractivity contribution in [3.05, 3.63) is 59.0 Å². The molecule has 5 rings (SSSR count). The molecule has 0 atom stereocenters. The lowest BCUT2D eigenvalue weighted by Gasteiger charge is -2.35. The second kappa shape index (κ2) is 8.50. The number of alkyl halides is 3. The van der Waals surface area contributed by atoms with Crippen LogP contribution < -0.4 is 0 Å². The number of imidazole rings is 1. The molecule has 0 unspecified atom stereocenters. The van der Waals surface area contributed by atoms with Gasteiger partial charge in [-0.15, -0.1) is 0 Å². The third-order valence-corrected chi connectivity index (χ3v) is 6.62. The molecule has 0 saturated carbocycles. The van der Waals surface area contributed by atoms with Gasteiger partial charge < -0.3 is 14.5 Å². The van der Waals surface area contributed by atoms with Crippen molar-refractivity contribution < 1.29 is 27.5 Å². The lowest BCUT2D eigenvalue weighted by Crippen LogP contribution is -2.47. The first-order valence-electron chi connectivity index (χ1n) is 10.8. The Bertz CT molecular complexity index is 1250. The number of hydrogen-bond donors (Lipinski definition) is 0. The molecular weight excluding hydrogens is 473 g/mol. The minimum absolute atomic E-state index is 0.0409. The first-order chi connectivity index (χ1) is 16.2. The van der Waals surface area contributed by atoms with Crippen LogP contribution >= 0.6 is 11.6 Å². The highest BCUT2D eigenvalue weighted by Crippen LogP contribution is 2.37. The Morgan fingerprint density at radius 3 is 2.41 bits per heavy atom. The van der Waals surface area contributed by atoms with E-state index < -0.39 is 23.3 Å². The van der Waals surface area contributed by atoms with Gasteiger partial charge in [0.1, 0.15) is 11.8 Å². The van der Waals surface area contributed by atoms with Crippen LogP contribution in [-0.2, 0) is 10.9 Å².